The fourth-order valence-corrected chi connectivity index (χ4v) is 3.50. The van der Waals surface area contributed by atoms with E-state index in [1.54, 1.807) is 24.3 Å². The molecule has 0 unspecified atom stereocenters. The van der Waals surface area contributed by atoms with E-state index < -0.39 is 17.7 Å². The van der Waals surface area contributed by atoms with Gasteiger partial charge in [-0.1, -0.05) is 28.1 Å². The maximum Gasteiger partial charge on any atom is 0.262 e. The molecule has 0 spiro atoms. The van der Waals surface area contributed by atoms with Gasteiger partial charge in [-0.15, -0.1) is 0 Å². The van der Waals surface area contributed by atoms with E-state index in [1.165, 1.54) is 0 Å². The molecule has 122 valence electrons. The Hall–Kier alpha value is -2.47. The molecule has 6 heteroatoms. The summed E-state index contributed by atoms with van der Waals surface area (Å²) < 4.78 is 0.927. The molecular weight excluding hydrogens is 372 g/mol. The zero-order valence-electron chi connectivity index (χ0n) is 13.2. The first-order chi connectivity index (χ1) is 11.4. The molecule has 1 N–H and O–H groups in total. The molecule has 2 aromatic carbocycles. The number of carbonyl (C=O) groups excluding carboxylic acids is 3. The zero-order valence-corrected chi connectivity index (χ0v) is 14.8. The third kappa shape index (κ3) is 2.85. The summed E-state index contributed by atoms with van der Waals surface area (Å²) in [6, 6.07) is 10.4. The number of imide groups is 1. The Bertz CT molecular complexity index is 818. The van der Waals surface area contributed by atoms with E-state index >= 15 is 0 Å². The number of nitrogens with one attached hydrogen (secondary N) is 1. The molecule has 5 nitrogen and oxygen atoms in total. The lowest BCUT2D eigenvalue weighted by Gasteiger charge is -2.16. The number of aryl methyl sites for hydroxylation is 2. The standard InChI is InChI=1S/C18H15BrN2O3/c1-10-7-12(19)8-11(2)16(10)20-15(22)9-21-17(23)13-5-3-4-6-14(13)18(21)24/h3-8H,9H2,1-2H3,(H,20,22). The molecule has 0 aromatic heterocycles. The highest BCUT2D eigenvalue weighted by Gasteiger charge is 2.36. The van der Waals surface area contributed by atoms with Gasteiger partial charge in [-0.3, -0.25) is 19.3 Å². The second kappa shape index (κ2) is 6.20. The molecular formula is C18H15BrN2O3. The Morgan fingerprint density at radius 2 is 1.54 bits per heavy atom. The monoisotopic (exact) mass is 386 g/mol. The molecule has 1 aliphatic rings. The minimum atomic E-state index is -0.435. The largest absolute Gasteiger partial charge is 0.324 e. The van der Waals surface area contributed by atoms with Gasteiger partial charge in [0.1, 0.15) is 6.54 Å². The first-order valence-electron chi connectivity index (χ1n) is 7.40. The maximum absolute atomic E-state index is 12.3. The van der Waals surface area contributed by atoms with Gasteiger partial charge in [-0.2, -0.15) is 0 Å². The summed E-state index contributed by atoms with van der Waals surface area (Å²) in [5.74, 6) is -1.27. The Morgan fingerprint density at radius 1 is 1.04 bits per heavy atom. The number of amides is 3. The highest BCUT2D eigenvalue weighted by Crippen LogP contribution is 2.26. The highest BCUT2D eigenvalue weighted by molar-refractivity contribution is 9.10. The van der Waals surface area contributed by atoms with Crippen molar-refractivity contribution in [1.82, 2.24) is 4.90 Å². The van der Waals surface area contributed by atoms with E-state index in [4.69, 9.17) is 0 Å². The first-order valence-corrected chi connectivity index (χ1v) is 8.19. The van der Waals surface area contributed by atoms with E-state index in [0.29, 0.717) is 16.8 Å². The second-order valence-electron chi connectivity index (χ2n) is 5.70. The van der Waals surface area contributed by atoms with E-state index in [9.17, 15) is 14.4 Å². The topological polar surface area (TPSA) is 66.5 Å². The number of carbonyl (C=O) groups is 3. The van der Waals surface area contributed by atoms with Crippen molar-refractivity contribution in [1.29, 1.82) is 0 Å². The predicted molar refractivity (Wildman–Crippen MR) is 94.1 cm³/mol. The van der Waals surface area contributed by atoms with E-state index in [1.807, 2.05) is 26.0 Å². The van der Waals surface area contributed by atoms with Gasteiger partial charge in [0.15, 0.2) is 0 Å². The van der Waals surface area contributed by atoms with Crippen molar-refractivity contribution in [2.75, 3.05) is 11.9 Å². The van der Waals surface area contributed by atoms with Crippen molar-refractivity contribution in [3.8, 4) is 0 Å². The summed E-state index contributed by atoms with van der Waals surface area (Å²) in [6.07, 6.45) is 0. The Morgan fingerprint density at radius 3 is 2.04 bits per heavy atom. The fraction of sp³-hybridized carbons (Fsp3) is 0.167. The van der Waals surface area contributed by atoms with Crippen LogP contribution in [0.4, 0.5) is 5.69 Å². The number of nitrogens with zero attached hydrogens (tertiary/aromatic N) is 1. The molecule has 1 aliphatic heterocycles. The molecule has 2 aromatic rings. The van der Waals surface area contributed by atoms with Crippen molar-refractivity contribution < 1.29 is 14.4 Å². The van der Waals surface area contributed by atoms with Crippen LogP contribution in [-0.4, -0.2) is 29.2 Å². The second-order valence-corrected chi connectivity index (χ2v) is 6.62. The summed E-state index contributed by atoms with van der Waals surface area (Å²) in [5.41, 5.74) is 3.17. The van der Waals surface area contributed by atoms with Crippen molar-refractivity contribution in [3.05, 3.63) is 63.1 Å². The molecule has 0 radical (unpaired) electrons. The van der Waals surface area contributed by atoms with Gasteiger partial charge >= 0.3 is 0 Å². The number of hydrogen-bond acceptors (Lipinski definition) is 3. The molecule has 0 aliphatic carbocycles. The summed E-state index contributed by atoms with van der Waals surface area (Å²) in [7, 11) is 0. The van der Waals surface area contributed by atoms with Crippen molar-refractivity contribution >= 4 is 39.3 Å². The van der Waals surface area contributed by atoms with Crippen LogP contribution in [0, 0.1) is 13.8 Å². The summed E-state index contributed by atoms with van der Waals surface area (Å²) in [6.45, 7) is 3.46. The Balaban J connectivity index is 1.78. The minimum Gasteiger partial charge on any atom is -0.324 e. The number of benzene rings is 2. The van der Waals surface area contributed by atoms with Gasteiger partial charge in [0.05, 0.1) is 11.1 Å². The molecule has 1 heterocycles. The fourth-order valence-electron chi connectivity index (χ4n) is 2.81. The summed E-state index contributed by atoms with van der Waals surface area (Å²) >= 11 is 3.41. The lowest BCUT2D eigenvalue weighted by Crippen LogP contribution is -2.37. The molecule has 0 atom stereocenters. The van der Waals surface area contributed by atoms with E-state index in [-0.39, 0.29) is 6.54 Å². The van der Waals surface area contributed by atoms with E-state index in [2.05, 4.69) is 21.2 Å². The summed E-state index contributed by atoms with van der Waals surface area (Å²) in [4.78, 5) is 37.9. The maximum atomic E-state index is 12.3. The molecule has 0 saturated heterocycles. The number of hydrogen-bond donors (Lipinski definition) is 1. The molecule has 0 saturated carbocycles. The SMILES string of the molecule is Cc1cc(Br)cc(C)c1NC(=O)CN1C(=O)c2ccccc2C1=O. The first kappa shape index (κ1) is 16.4. The number of halogens is 1. The van der Waals surface area contributed by atoms with Gasteiger partial charge in [0.2, 0.25) is 5.91 Å². The van der Waals surface area contributed by atoms with Crippen LogP contribution in [0.15, 0.2) is 40.9 Å². The van der Waals surface area contributed by atoms with Crippen LogP contribution >= 0.6 is 15.9 Å². The van der Waals surface area contributed by atoms with Crippen molar-refractivity contribution in [2.24, 2.45) is 0 Å². The number of anilines is 1. The highest BCUT2D eigenvalue weighted by atomic mass is 79.9. The predicted octanol–water partition coefficient (Wildman–Crippen LogP) is 3.30. The third-order valence-electron chi connectivity index (χ3n) is 3.94. The van der Waals surface area contributed by atoms with Crippen LogP contribution in [0.25, 0.3) is 0 Å². The molecule has 0 fully saturated rings. The third-order valence-corrected chi connectivity index (χ3v) is 4.40. The van der Waals surface area contributed by atoms with Crippen molar-refractivity contribution in [3.63, 3.8) is 0 Å². The van der Waals surface area contributed by atoms with Crippen LogP contribution in [0.2, 0.25) is 0 Å². The molecule has 3 rings (SSSR count). The quantitative estimate of drug-likeness (QED) is 0.822. The molecule has 3 amide bonds. The van der Waals surface area contributed by atoms with Crippen LogP contribution < -0.4 is 5.32 Å². The Kier molecular flexibility index (Phi) is 4.24. The minimum absolute atomic E-state index is 0.304. The summed E-state index contributed by atoms with van der Waals surface area (Å²) in [5, 5.41) is 2.79. The van der Waals surface area contributed by atoms with Gasteiger partial charge in [-0.25, -0.2) is 0 Å². The van der Waals surface area contributed by atoms with Crippen molar-refractivity contribution in [2.45, 2.75) is 13.8 Å². The van der Waals surface area contributed by atoms with Crippen LogP contribution in [0.3, 0.4) is 0 Å². The van der Waals surface area contributed by atoms with Crippen LogP contribution in [0.5, 0.6) is 0 Å². The Labute approximate surface area is 147 Å². The number of fused-ring (bicyclic) bond motifs is 1. The average Bonchev–Trinajstić information content (AvgIpc) is 2.76. The normalized spacial score (nSPS) is 13.2. The van der Waals surface area contributed by atoms with Gasteiger partial charge in [0, 0.05) is 10.2 Å². The molecule has 24 heavy (non-hydrogen) atoms. The van der Waals surface area contributed by atoms with Gasteiger partial charge < -0.3 is 5.32 Å². The van der Waals surface area contributed by atoms with Gasteiger partial charge in [0.25, 0.3) is 11.8 Å². The molecule has 0 bridgehead atoms. The van der Waals surface area contributed by atoms with Crippen LogP contribution in [0.1, 0.15) is 31.8 Å². The average molecular weight is 387 g/mol. The lowest BCUT2D eigenvalue weighted by molar-refractivity contribution is -0.116. The smallest absolute Gasteiger partial charge is 0.262 e. The van der Waals surface area contributed by atoms with Crippen LogP contribution in [-0.2, 0) is 4.79 Å². The lowest BCUT2D eigenvalue weighted by atomic mass is 10.1. The van der Waals surface area contributed by atoms with Gasteiger partial charge in [-0.05, 0) is 49.2 Å². The zero-order chi connectivity index (χ0) is 17.4. The number of rotatable bonds is 3. The van der Waals surface area contributed by atoms with E-state index in [0.717, 1.165) is 20.5 Å².